The Hall–Kier alpha value is -0.810. The highest BCUT2D eigenvalue weighted by Crippen LogP contribution is 2.42. The van der Waals surface area contributed by atoms with E-state index in [2.05, 4.69) is 30.9 Å². The lowest BCUT2D eigenvalue weighted by Gasteiger charge is -2.26. The van der Waals surface area contributed by atoms with Crippen LogP contribution < -0.4 is 4.90 Å². The summed E-state index contributed by atoms with van der Waals surface area (Å²) in [6.45, 7) is 3.06. The van der Waals surface area contributed by atoms with Gasteiger partial charge in [-0.2, -0.15) is 0 Å². The monoisotopic (exact) mass is 654 g/mol. The van der Waals surface area contributed by atoms with E-state index in [1.807, 2.05) is 0 Å². The molecule has 2 aromatic rings. The van der Waals surface area contributed by atoms with Crippen molar-refractivity contribution in [2.24, 2.45) is 0 Å². The second-order valence-corrected chi connectivity index (χ2v) is 11.8. The number of halogens is 7. The van der Waals surface area contributed by atoms with Crippen LogP contribution in [0.2, 0.25) is 0 Å². The van der Waals surface area contributed by atoms with Gasteiger partial charge in [-0.1, -0.05) is 75.7 Å². The van der Waals surface area contributed by atoms with Gasteiger partial charge in [0.05, 0.1) is 18.9 Å². The maximum atomic E-state index is 12.3. The summed E-state index contributed by atoms with van der Waals surface area (Å²) in [6.07, 6.45) is 0. The maximum absolute atomic E-state index is 12.3. The molecule has 0 amide bonds. The molecular formula is C19H17BrCl6N4O4. The molecule has 1 aromatic carbocycles. The van der Waals surface area contributed by atoms with Gasteiger partial charge in [0.1, 0.15) is 13.1 Å². The van der Waals surface area contributed by atoms with E-state index in [1.165, 1.54) is 4.90 Å². The number of benzene rings is 1. The fourth-order valence-electron chi connectivity index (χ4n) is 2.71. The van der Waals surface area contributed by atoms with Crippen LogP contribution in [0.1, 0.15) is 25.5 Å². The lowest BCUT2D eigenvalue weighted by Crippen LogP contribution is -2.37. The molecule has 0 aliphatic carbocycles. The molecule has 1 aromatic heterocycles. The number of hydrogen-bond donors (Lipinski definition) is 0. The molecule has 0 unspecified atom stereocenters. The van der Waals surface area contributed by atoms with Crippen LogP contribution in [0, 0.1) is 0 Å². The van der Waals surface area contributed by atoms with Crippen LogP contribution in [0.5, 0.6) is 0 Å². The number of rotatable bonds is 8. The molecule has 0 aliphatic rings. The molecule has 1 heterocycles. The van der Waals surface area contributed by atoms with Crippen LogP contribution in [0.3, 0.4) is 0 Å². The number of esters is 2. The van der Waals surface area contributed by atoms with Crippen molar-refractivity contribution in [3.8, 4) is 11.4 Å². The van der Waals surface area contributed by atoms with E-state index in [9.17, 15) is 9.59 Å². The van der Waals surface area contributed by atoms with Crippen LogP contribution in [0.15, 0.2) is 22.7 Å². The van der Waals surface area contributed by atoms with Crippen LogP contribution >= 0.6 is 85.5 Å². The third-order valence-electron chi connectivity index (χ3n) is 3.94. The molecule has 8 nitrogen and oxygen atoms in total. The van der Waals surface area contributed by atoms with Crippen molar-refractivity contribution in [2.45, 2.75) is 21.4 Å². The molecule has 0 saturated carbocycles. The standard InChI is InChI=1S/C19H17BrCl6N4O4/c1-3-33-12(31)8-30(9-13(32)34-4-2)14-10(6-5-7-11(14)20)15-27-16(18(21,22)23)29-17(28-15)19(24,25)26/h5-7H,3-4,8-9H2,1-2H3. The second kappa shape index (κ2) is 12.4. The highest BCUT2D eigenvalue weighted by Gasteiger charge is 2.35. The Kier molecular flexibility index (Phi) is 10.8. The highest BCUT2D eigenvalue weighted by molar-refractivity contribution is 9.10. The zero-order valence-electron chi connectivity index (χ0n) is 17.6. The minimum absolute atomic E-state index is 0.0355. The summed E-state index contributed by atoms with van der Waals surface area (Å²) in [5.41, 5.74) is 0.664. The van der Waals surface area contributed by atoms with Crippen molar-refractivity contribution < 1.29 is 19.1 Å². The smallest absolute Gasteiger partial charge is 0.325 e. The van der Waals surface area contributed by atoms with Gasteiger partial charge in [-0.05, 0) is 41.9 Å². The van der Waals surface area contributed by atoms with Crippen LogP contribution in [0.4, 0.5) is 5.69 Å². The van der Waals surface area contributed by atoms with E-state index in [1.54, 1.807) is 32.0 Å². The van der Waals surface area contributed by atoms with Crippen LogP contribution in [-0.4, -0.2) is 53.2 Å². The normalized spacial score (nSPS) is 11.8. The average molecular weight is 658 g/mol. The fraction of sp³-hybridized carbons (Fsp3) is 0.421. The molecule has 0 saturated heterocycles. The zero-order chi connectivity index (χ0) is 25.7. The molecule has 2 rings (SSSR count). The van der Waals surface area contributed by atoms with E-state index >= 15 is 0 Å². The summed E-state index contributed by atoms with van der Waals surface area (Å²) in [6, 6.07) is 4.97. The van der Waals surface area contributed by atoms with E-state index in [0.29, 0.717) is 15.7 Å². The SMILES string of the molecule is CCOC(=O)CN(CC(=O)OCC)c1c(Br)cccc1-c1nc(C(Cl)(Cl)Cl)nc(C(Cl)(Cl)Cl)n1. The quantitative estimate of drug-likeness (QED) is 0.257. The molecule has 0 fully saturated rings. The molecule has 34 heavy (non-hydrogen) atoms. The number of carbonyl (C=O) groups is 2. The number of ether oxygens (including phenoxy) is 2. The average Bonchev–Trinajstić information content (AvgIpc) is 2.72. The molecule has 0 bridgehead atoms. The Morgan fingerprint density at radius 2 is 1.35 bits per heavy atom. The van der Waals surface area contributed by atoms with Crippen molar-refractivity contribution in [1.82, 2.24) is 15.0 Å². The first-order chi connectivity index (χ1) is 15.8. The predicted octanol–water partition coefficient (Wildman–Crippen LogP) is 5.89. The molecule has 186 valence electrons. The van der Waals surface area contributed by atoms with Gasteiger partial charge < -0.3 is 14.4 Å². The Morgan fingerprint density at radius 3 is 1.76 bits per heavy atom. The third kappa shape index (κ3) is 8.11. The first-order valence-corrected chi connectivity index (χ1v) is 12.6. The second-order valence-electron chi connectivity index (χ2n) is 6.40. The summed E-state index contributed by atoms with van der Waals surface area (Å²) >= 11 is 39.4. The molecule has 0 spiro atoms. The lowest BCUT2D eigenvalue weighted by molar-refractivity contribution is -0.142. The van der Waals surface area contributed by atoms with Crippen molar-refractivity contribution in [3.63, 3.8) is 0 Å². The van der Waals surface area contributed by atoms with Gasteiger partial charge in [0.2, 0.25) is 7.59 Å². The molecule has 0 aliphatic heterocycles. The Morgan fingerprint density at radius 1 is 0.882 bits per heavy atom. The Bertz CT molecular complexity index is 996. The summed E-state index contributed by atoms with van der Waals surface area (Å²) in [4.78, 5) is 38.5. The molecule has 15 heteroatoms. The van der Waals surface area contributed by atoms with Gasteiger partial charge >= 0.3 is 11.9 Å². The van der Waals surface area contributed by atoms with Gasteiger partial charge in [0.15, 0.2) is 17.5 Å². The number of aromatic nitrogens is 3. The molecule has 0 radical (unpaired) electrons. The highest BCUT2D eigenvalue weighted by atomic mass is 79.9. The molecule has 0 N–H and O–H groups in total. The Balaban J connectivity index is 2.74. The summed E-state index contributed by atoms with van der Waals surface area (Å²) in [5.74, 6) is -1.78. The number of carbonyl (C=O) groups excluding carboxylic acids is 2. The topological polar surface area (TPSA) is 94.5 Å². The minimum Gasteiger partial charge on any atom is -0.465 e. The lowest BCUT2D eigenvalue weighted by atomic mass is 10.1. The van der Waals surface area contributed by atoms with E-state index in [4.69, 9.17) is 79.1 Å². The van der Waals surface area contributed by atoms with Crippen molar-refractivity contribution in [1.29, 1.82) is 0 Å². The summed E-state index contributed by atoms with van der Waals surface area (Å²) in [7, 11) is 0. The van der Waals surface area contributed by atoms with Gasteiger partial charge in [0.25, 0.3) is 0 Å². The first-order valence-electron chi connectivity index (χ1n) is 9.53. The number of nitrogens with zero attached hydrogens (tertiary/aromatic N) is 4. The first kappa shape index (κ1) is 29.4. The van der Waals surface area contributed by atoms with E-state index in [0.717, 1.165) is 0 Å². The van der Waals surface area contributed by atoms with Crippen LogP contribution in [0.25, 0.3) is 11.4 Å². The summed E-state index contributed by atoms with van der Waals surface area (Å²) in [5, 5.41) is 0. The van der Waals surface area contributed by atoms with Crippen molar-refractivity contribution >= 4 is 103 Å². The fourth-order valence-corrected chi connectivity index (χ4v) is 3.83. The third-order valence-corrected chi connectivity index (χ3v) is 5.59. The van der Waals surface area contributed by atoms with Gasteiger partial charge in [-0.25, -0.2) is 15.0 Å². The van der Waals surface area contributed by atoms with Crippen LogP contribution in [-0.2, 0) is 26.6 Å². The number of para-hydroxylation sites is 1. The zero-order valence-corrected chi connectivity index (χ0v) is 23.7. The molecular weight excluding hydrogens is 641 g/mol. The Labute approximate surface area is 234 Å². The van der Waals surface area contributed by atoms with Gasteiger partial charge in [-0.3, -0.25) is 9.59 Å². The van der Waals surface area contributed by atoms with Gasteiger partial charge in [0, 0.05) is 10.0 Å². The number of anilines is 1. The maximum Gasteiger partial charge on any atom is 0.325 e. The minimum atomic E-state index is -2.07. The number of hydrogen-bond acceptors (Lipinski definition) is 8. The van der Waals surface area contributed by atoms with E-state index in [-0.39, 0.29) is 43.8 Å². The summed E-state index contributed by atoms with van der Waals surface area (Å²) < 4.78 is 6.47. The van der Waals surface area contributed by atoms with E-state index < -0.39 is 19.5 Å². The number of alkyl halides is 6. The predicted molar refractivity (Wildman–Crippen MR) is 137 cm³/mol. The van der Waals surface area contributed by atoms with Crippen molar-refractivity contribution in [3.05, 3.63) is 34.3 Å². The largest absolute Gasteiger partial charge is 0.465 e. The molecule has 0 atom stereocenters. The van der Waals surface area contributed by atoms with Crippen molar-refractivity contribution in [2.75, 3.05) is 31.2 Å². The van der Waals surface area contributed by atoms with Gasteiger partial charge in [-0.15, -0.1) is 0 Å².